The molecule has 0 spiro atoms. The molecule has 0 bridgehead atoms. The summed E-state index contributed by atoms with van der Waals surface area (Å²) in [6, 6.07) is 85.8. The van der Waals surface area contributed by atoms with Crippen molar-refractivity contribution in [2.75, 3.05) is 63.0 Å². The maximum absolute atomic E-state index is 10.9. The van der Waals surface area contributed by atoms with E-state index in [1.54, 1.807) is 36.9 Å². The van der Waals surface area contributed by atoms with Gasteiger partial charge in [-0.1, -0.05) is 191 Å². The molecular formula is C108H108Cl5N13O11. The number of benzene rings is 9. The van der Waals surface area contributed by atoms with Crippen molar-refractivity contribution in [2.24, 2.45) is 16.6 Å². The smallest absolute Gasteiger partial charge is 0.259 e. The first-order valence-electron chi connectivity index (χ1n) is 44.3. The van der Waals surface area contributed by atoms with Gasteiger partial charge in [-0.15, -0.1) is 0 Å². The van der Waals surface area contributed by atoms with Crippen LogP contribution in [0.1, 0.15) is 115 Å². The number of nitrogens with zero attached hydrogens (tertiary/aromatic N) is 11. The number of rotatable bonds is 36. The number of ether oxygens (including phenoxy) is 5. The van der Waals surface area contributed by atoms with Crippen LogP contribution in [0, 0.1) is 0 Å². The molecule has 0 radical (unpaired) electrons. The standard InChI is InChI=1S/C25H24ClN5O2.2C25H26ClN3O2.C25H25ClN2O3.C8H7ClO2/c1-31(2)15-19-10-11-23(33-19)22(29-30-27)14-18-13-21(26)20-9-6-12-28-24(20)25(18)32-16-17-7-4-3-5-8-17;2*1-29(2)15-19-10-11-23(31-19)22(27)14-18-13-21(26)20-9-6-12-28-24(20)25(18)30-16-17-7-4-3-5-8-17;1-28(2)15-19-10-11-23(31-19)22(29)14-18-13-21(26)20-9-6-12-27-24(20)25(18)30-16-17-7-4-3-5-8-17;9-8(10)6-11-7-4-2-1-3-5-7/h3-13,22H,14-16H2,1-2H3;2*3-13,22H,14-16,27H2,1-2H3;3-13,22,29H,14-16H2,1-2H3;1-5H,6H2. The maximum atomic E-state index is 10.9. The van der Waals surface area contributed by atoms with Gasteiger partial charge in [0.05, 0.1) is 64.4 Å². The van der Waals surface area contributed by atoms with Crippen LogP contribution in [0.2, 0.25) is 20.1 Å². The van der Waals surface area contributed by atoms with Gasteiger partial charge in [0.1, 0.15) is 129 Å². The van der Waals surface area contributed by atoms with E-state index in [1.807, 2.05) is 327 Å². The van der Waals surface area contributed by atoms with E-state index in [0.717, 1.165) is 125 Å². The Balaban J connectivity index is 0.000000149. The quantitative estimate of drug-likeness (QED) is 0.0142. The number of pyridine rings is 4. The topological polar surface area (TPSA) is 301 Å². The lowest BCUT2D eigenvalue weighted by molar-refractivity contribution is -0.113. The van der Waals surface area contributed by atoms with Gasteiger partial charge in [0.2, 0.25) is 0 Å². The summed E-state index contributed by atoms with van der Waals surface area (Å²) in [6.45, 7) is 4.34. The number of aromatic nitrogens is 4. The van der Waals surface area contributed by atoms with Crippen molar-refractivity contribution in [1.82, 2.24) is 39.5 Å². The number of aliphatic hydroxyl groups is 1. The summed E-state index contributed by atoms with van der Waals surface area (Å²) in [5, 5.41) is 20.1. The largest absolute Gasteiger partial charge is 0.486 e. The molecule has 706 valence electrons. The van der Waals surface area contributed by atoms with Crippen LogP contribution in [-0.2, 0) is 83.1 Å². The highest BCUT2D eigenvalue weighted by Crippen LogP contribution is 2.43. The first kappa shape index (κ1) is 101. The Hall–Kier alpha value is -13.1. The van der Waals surface area contributed by atoms with Gasteiger partial charge < -0.3 is 77.5 Å². The van der Waals surface area contributed by atoms with Crippen molar-refractivity contribution < 1.29 is 51.3 Å². The highest BCUT2D eigenvalue weighted by molar-refractivity contribution is 6.64. The minimum absolute atomic E-state index is 0.0778. The number of fused-ring (bicyclic) bond motifs is 4. The first-order valence-corrected chi connectivity index (χ1v) is 46.2. The fraction of sp³-hybridized carbons (Fsp3) is 0.231. The van der Waals surface area contributed by atoms with E-state index in [4.69, 9.17) is 111 Å². The summed E-state index contributed by atoms with van der Waals surface area (Å²) < 4.78 is 53.7. The van der Waals surface area contributed by atoms with Crippen molar-refractivity contribution in [1.29, 1.82) is 0 Å². The lowest BCUT2D eigenvalue weighted by Gasteiger charge is -2.17. The predicted molar refractivity (Wildman–Crippen MR) is 543 cm³/mol. The van der Waals surface area contributed by atoms with Gasteiger partial charge in [0.15, 0.2) is 6.61 Å². The Kier molecular flexibility index (Phi) is 37.4. The van der Waals surface area contributed by atoms with Crippen LogP contribution in [0.5, 0.6) is 28.7 Å². The summed E-state index contributed by atoms with van der Waals surface area (Å²) in [6.07, 6.45) is 7.79. The second-order valence-corrected chi connectivity index (χ2v) is 35.5. The van der Waals surface area contributed by atoms with Crippen LogP contribution in [0.3, 0.4) is 0 Å². The number of halogens is 5. The molecule has 4 atom stereocenters. The molecule has 0 saturated heterocycles. The number of azide groups is 1. The van der Waals surface area contributed by atoms with E-state index in [2.05, 4.69) is 39.8 Å². The molecule has 8 aromatic heterocycles. The molecule has 17 aromatic rings. The average Bonchev–Trinajstić information content (AvgIpc) is 1.63. The minimum atomic E-state index is -0.827. The van der Waals surface area contributed by atoms with Gasteiger partial charge in [0, 0.05) is 63.2 Å². The molecule has 0 fully saturated rings. The molecule has 5 N–H and O–H groups in total. The lowest BCUT2D eigenvalue weighted by atomic mass is 10.0. The summed E-state index contributed by atoms with van der Waals surface area (Å²) in [5.41, 5.74) is 32.7. The maximum Gasteiger partial charge on any atom is 0.259 e. The van der Waals surface area contributed by atoms with E-state index in [1.165, 1.54) is 0 Å². The SMILES string of the molecule is CN(C)Cc1ccc(C(Cc2cc(Cl)c3cccnc3c2OCc2ccccc2)N=[N+]=[N-])o1.CN(C)Cc1ccc(C(N)Cc2cc(Cl)c3cccnc3c2OCc2ccccc2)o1.CN(C)Cc1ccc(C(N)Cc2cc(Cl)c3cccnc3c2OCc2ccccc2)o1.CN(C)Cc1ccc(C(O)Cc2cc(Cl)c3cccnc3c2OCc2ccccc2)o1.O=C(Cl)COc1ccccc1. The van der Waals surface area contributed by atoms with E-state index in [9.17, 15) is 15.4 Å². The molecule has 24 nitrogen and oxygen atoms in total. The third-order valence-corrected chi connectivity index (χ3v) is 22.8. The Morgan fingerprint density at radius 1 is 0.372 bits per heavy atom. The van der Waals surface area contributed by atoms with Gasteiger partial charge >= 0.3 is 0 Å². The molecule has 8 heterocycles. The van der Waals surface area contributed by atoms with Gasteiger partial charge in [-0.25, -0.2) is 0 Å². The number of carbonyl (C=O) groups excluding carboxylic acids is 1. The first-order chi connectivity index (χ1) is 66.4. The number of hydrogen-bond donors (Lipinski definition) is 3. The van der Waals surface area contributed by atoms with Crippen molar-refractivity contribution in [3.8, 4) is 28.7 Å². The molecular weight excluding hydrogens is 1830 g/mol. The van der Waals surface area contributed by atoms with Crippen molar-refractivity contribution in [3.63, 3.8) is 0 Å². The Morgan fingerprint density at radius 3 is 0.956 bits per heavy atom. The number of nitrogens with two attached hydrogens (primary N) is 2. The van der Waals surface area contributed by atoms with Crippen molar-refractivity contribution in [2.45, 2.75) is 103 Å². The summed E-state index contributed by atoms with van der Waals surface area (Å²) in [5.74, 6) is 9.28. The van der Waals surface area contributed by atoms with Crippen LogP contribution in [0.25, 0.3) is 54.1 Å². The zero-order valence-corrected chi connectivity index (χ0v) is 81.1. The number of carbonyl (C=O) groups is 1. The average molecular weight is 1940 g/mol. The fourth-order valence-corrected chi connectivity index (χ4v) is 16.3. The second-order valence-electron chi connectivity index (χ2n) is 33.5. The molecule has 9 aromatic carbocycles. The monoisotopic (exact) mass is 1940 g/mol. The van der Waals surface area contributed by atoms with Crippen LogP contribution >= 0.6 is 58.0 Å². The molecule has 29 heteroatoms. The van der Waals surface area contributed by atoms with Gasteiger partial charge in [-0.3, -0.25) is 24.7 Å². The third-order valence-electron chi connectivity index (χ3n) is 21.4. The van der Waals surface area contributed by atoms with Crippen molar-refractivity contribution in [3.05, 3.63) is 419 Å². The van der Waals surface area contributed by atoms with E-state index in [0.29, 0.717) is 137 Å². The number of aliphatic hydroxyl groups excluding tert-OH is 1. The molecule has 0 amide bonds. The number of para-hydroxylation sites is 1. The number of hydrogen-bond acceptors (Lipinski definition) is 22. The van der Waals surface area contributed by atoms with Crippen LogP contribution in [0.15, 0.2) is 321 Å². The van der Waals surface area contributed by atoms with Gasteiger partial charge in [-0.05, 0) is 265 Å². The minimum Gasteiger partial charge on any atom is -0.486 e. The molecule has 0 saturated carbocycles. The predicted octanol–water partition coefficient (Wildman–Crippen LogP) is 24.7. The molecule has 0 aliphatic carbocycles. The van der Waals surface area contributed by atoms with E-state index < -0.39 is 17.4 Å². The Labute approximate surface area is 821 Å². The van der Waals surface area contributed by atoms with Gasteiger partial charge in [-0.2, -0.15) is 0 Å². The van der Waals surface area contributed by atoms with Crippen LogP contribution in [-0.4, -0.2) is 113 Å². The second kappa shape index (κ2) is 50.6. The lowest BCUT2D eigenvalue weighted by Crippen LogP contribution is -2.14. The normalized spacial score (nSPS) is 12.1. The highest BCUT2D eigenvalue weighted by Gasteiger charge is 2.27. The highest BCUT2D eigenvalue weighted by atomic mass is 35.5. The summed E-state index contributed by atoms with van der Waals surface area (Å²) in [7, 11) is 15.9. The molecule has 137 heavy (non-hydrogen) atoms. The Bertz CT molecular complexity index is 6350. The van der Waals surface area contributed by atoms with E-state index in [-0.39, 0.29) is 18.7 Å². The molecule has 0 aliphatic rings. The summed E-state index contributed by atoms with van der Waals surface area (Å²) in [4.78, 5) is 39.6. The molecule has 4 unspecified atom stereocenters. The number of furan rings is 4. The van der Waals surface area contributed by atoms with Gasteiger partial charge in [0.25, 0.3) is 5.24 Å². The zero-order valence-electron chi connectivity index (χ0n) is 77.3. The molecule has 0 aliphatic heterocycles. The summed E-state index contributed by atoms with van der Waals surface area (Å²) >= 11 is 31.3. The van der Waals surface area contributed by atoms with Crippen LogP contribution < -0.4 is 35.2 Å². The van der Waals surface area contributed by atoms with Crippen molar-refractivity contribution >= 4 is 107 Å². The Morgan fingerprint density at radius 2 is 0.650 bits per heavy atom. The van der Waals surface area contributed by atoms with E-state index >= 15 is 0 Å². The molecule has 17 rings (SSSR count). The third kappa shape index (κ3) is 29.5. The zero-order chi connectivity index (χ0) is 96.7. The fourth-order valence-electron chi connectivity index (χ4n) is 15.1. The van der Waals surface area contributed by atoms with Crippen LogP contribution in [0.4, 0.5) is 0 Å².